The molecule has 0 saturated carbocycles. The van der Waals surface area contributed by atoms with E-state index in [4.69, 9.17) is 0 Å². The van der Waals surface area contributed by atoms with Crippen molar-refractivity contribution >= 4 is 15.6 Å². The molecule has 0 aromatic rings. The normalized spacial score (nSPS) is 12.6. The Hall–Kier alpha value is -0.640. The van der Waals surface area contributed by atoms with Gasteiger partial charge in [-0.05, 0) is 13.8 Å². The Morgan fingerprint density at radius 2 is 1.92 bits per heavy atom. The Bertz CT molecular complexity index is 285. The summed E-state index contributed by atoms with van der Waals surface area (Å²) in [6.45, 7) is 6.20. The molecule has 3 nitrogen and oxygen atoms in total. The van der Waals surface area contributed by atoms with E-state index in [2.05, 4.69) is 6.58 Å². The first kappa shape index (κ1) is 11.4. The molecule has 0 aromatic carbocycles. The molecular formula is C8H14O3S. The average molecular weight is 190 g/mol. The number of rotatable bonds is 4. The highest BCUT2D eigenvalue weighted by Gasteiger charge is 2.36. The predicted octanol–water partition coefficient (Wildman–Crippen LogP) is 0.955. The smallest absolute Gasteiger partial charge is 0.159 e. The minimum Gasteiger partial charge on any atom is -0.298 e. The van der Waals surface area contributed by atoms with Crippen LogP contribution in [0.25, 0.3) is 0 Å². The topological polar surface area (TPSA) is 51.2 Å². The van der Waals surface area contributed by atoms with Gasteiger partial charge in [0.2, 0.25) is 0 Å². The number of hydrogen-bond donors (Lipinski definition) is 0. The van der Waals surface area contributed by atoms with Crippen LogP contribution in [-0.4, -0.2) is 25.2 Å². The first-order chi connectivity index (χ1) is 5.23. The van der Waals surface area contributed by atoms with Crippen LogP contribution in [0.5, 0.6) is 0 Å². The first-order valence-corrected chi connectivity index (χ1v) is 5.46. The third-order valence-corrected chi connectivity index (χ3v) is 4.01. The van der Waals surface area contributed by atoms with E-state index in [0.29, 0.717) is 0 Å². The predicted molar refractivity (Wildman–Crippen MR) is 48.7 cm³/mol. The van der Waals surface area contributed by atoms with Gasteiger partial charge in [0.05, 0.1) is 0 Å². The summed E-state index contributed by atoms with van der Waals surface area (Å²) in [6, 6.07) is 0. The summed E-state index contributed by atoms with van der Waals surface area (Å²) in [6.07, 6.45) is 2.57. The molecule has 70 valence electrons. The summed E-state index contributed by atoms with van der Waals surface area (Å²) in [5, 5.41) is 0. The second kappa shape index (κ2) is 3.39. The van der Waals surface area contributed by atoms with Crippen molar-refractivity contribution in [2.24, 2.45) is 0 Å². The molecule has 0 saturated heterocycles. The number of allylic oxidation sites excluding steroid dienone is 1. The minimum absolute atomic E-state index is 0.0973. The molecule has 0 radical (unpaired) electrons. The number of carbonyl (C=O) groups is 1. The van der Waals surface area contributed by atoms with Crippen molar-refractivity contribution in [1.82, 2.24) is 0 Å². The molecule has 0 amide bonds. The lowest BCUT2D eigenvalue weighted by Gasteiger charge is -2.19. The Kier molecular flexibility index (Phi) is 3.21. The molecule has 0 aliphatic carbocycles. The fourth-order valence-corrected chi connectivity index (χ4v) is 1.08. The van der Waals surface area contributed by atoms with Crippen LogP contribution in [0.2, 0.25) is 0 Å². The number of Topliss-reactive ketones (excluding diaryl/α,β-unsaturated/α-hetero) is 1. The Labute approximate surface area is 73.4 Å². The van der Waals surface area contributed by atoms with Crippen LogP contribution in [-0.2, 0) is 14.6 Å². The van der Waals surface area contributed by atoms with Gasteiger partial charge in [0.1, 0.15) is 4.75 Å². The zero-order chi connectivity index (χ0) is 9.99. The van der Waals surface area contributed by atoms with Crippen molar-refractivity contribution < 1.29 is 13.2 Å². The lowest BCUT2D eigenvalue weighted by molar-refractivity contribution is -0.119. The second-order valence-corrected chi connectivity index (χ2v) is 5.76. The quantitative estimate of drug-likeness (QED) is 0.620. The maximum atomic E-state index is 11.3. The van der Waals surface area contributed by atoms with Crippen LogP contribution in [0.15, 0.2) is 12.7 Å². The fourth-order valence-electron chi connectivity index (χ4n) is 0.584. The van der Waals surface area contributed by atoms with Crippen LogP contribution in [0.3, 0.4) is 0 Å². The van der Waals surface area contributed by atoms with E-state index in [1.165, 1.54) is 19.9 Å². The molecular weight excluding hydrogens is 176 g/mol. The van der Waals surface area contributed by atoms with Crippen LogP contribution in [0, 0.1) is 0 Å². The van der Waals surface area contributed by atoms with E-state index in [-0.39, 0.29) is 12.2 Å². The van der Waals surface area contributed by atoms with Crippen molar-refractivity contribution in [2.75, 3.05) is 6.26 Å². The largest absolute Gasteiger partial charge is 0.298 e. The van der Waals surface area contributed by atoms with Crippen molar-refractivity contribution in [3.63, 3.8) is 0 Å². The Morgan fingerprint density at radius 1 is 1.50 bits per heavy atom. The lowest BCUT2D eigenvalue weighted by atomic mass is 10.1. The standard InChI is InChI=1S/C8H14O3S/c1-5-6-7(9)8(2,3)12(4,10)11/h5H,1,6H2,2-4H3. The molecule has 12 heavy (non-hydrogen) atoms. The van der Waals surface area contributed by atoms with Crippen LogP contribution in [0.1, 0.15) is 20.3 Å². The molecule has 0 N–H and O–H groups in total. The monoisotopic (exact) mass is 190 g/mol. The Morgan fingerprint density at radius 3 is 2.17 bits per heavy atom. The molecule has 0 aliphatic rings. The van der Waals surface area contributed by atoms with Crippen molar-refractivity contribution in [3.8, 4) is 0 Å². The van der Waals surface area contributed by atoms with Gasteiger partial charge in [-0.1, -0.05) is 6.08 Å². The third kappa shape index (κ3) is 2.17. The van der Waals surface area contributed by atoms with Gasteiger partial charge < -0.3 is 0 Å². The third-order valence-electron chi connectivity index (χ3n) is 1.93. The summed E-state index contributed by atoms with van der Waals surface area (Å²) in [7, 11) is -3.32. The summed E-state index contributed by atoms with van der Waals surface area (Å²) in [5.74, 6) is -0.319. The molecule has 0 heterocycles. The molecule has 0 bridgehead atoms. The molecule has 0 aromatic heterocycles. The van der Waals surface area contributed by atoms with E-state index in [1.54, 1.807) is 0 Å². The highest BCUT2D eigenvalue weighted by molar-refractivity contribution is 7.92. The zero-order valence-electron chi connectivity index (χ0n) is 7.62. The van der Waals surface area contributed by atoms with Gasteiger partial charge in [0.25, 0.3) is 0 Å². The van der Waals surface area contributed by atoms with Crippen LogP contribution in [0.4, 0.5) is 0 Å². The van der Waals surface area contributed by atoms with E-state index >= 15 is 0 Å². The number of hydrogen-bond acceptors (Lipinski definition) is 3. The van der Waals surface area contributed by atoms with Crippen molar-refractivity contribution in [1.29, 1.82) is 0 Å². The molecule has 0 unspecified atom stereocenters. The van der Waals surface area contributed by atoms with E-state index < -0.39 is 14.6 Å². The second-order valence-electron chi connectivity index (χ2n) is 3.20. The summed E-state index contributed by atoms with van der Waals surface area (Å²) in [5.41, 5.74) is 0. The first-order valence-electron chi connectivity index (χ1n) is 3.57. The molecule has 0 fully saturated rings. The molecule has 0 rings (SSSR count). The van der Waals surface area contributed by atoms with Gasteiger partial charge in [-0.25, -0.2) is 8.42 Å². The molecule has 0 atom stereocenters. The van der Waals surface area contributed by atoms with E-state index in [1.807, 2.05) is 0 Å². The van der Waals surface area contributed by atoms with Crippen molar-refractivity contribution in [2.45, 2.75) is 25.0 Å². The molecule has 0 aliphatic heterocycles. The Balaban J connectivity index is 4.86. The highest BCUT2D eigenvalue weighted by Crippen LogP contribution is 2.17. The number of sulfone groups is 1. The summed E-state index contributed by atoms with van der Waals surface area (Å²) in [4.78, 5) is 11.3. The van der Waals surface area contributed by atoms with Gasteiger partial charge in [0, 0.05) is 12.7 Å². The summed E-state index contributed by atoms with van der Waals surface area (Å²) < 4.78 is 20.9. The maximum Gasteiger partial charge on any atom is 0.159 e. The van der Waals surface area contributed by atoms with E-state index in [0.717, 1.165) is 6.26 Å². The van der Waals surface area contributed by atoms with Gasteiger partial charge in [-0.3, -0.25) is 4.79 Å². The molecule has 0 spiro atoms. The van der Waals surface area contributed by atoms with Crippen LogP contribution < -0.4 is 0 Å². The van der Waals surface area contributed by atoms with Gasteiger partial charge in [0.15, 0.2) is 15.6 Å². The van der Waals surface area contributed by atoms with Gasteiger partial charge >= 0.3 is 0 Å². The van der Waals surface area contributed by atoms with E-state index in [9.17, 15) is 13.2 Å². The van der Waals surface area contributed by atoms with Gasteiger partial charge in [-0.15, -0.1) is 6.58 Å². The average Bonchev–Trinajstić information content (AvgIpc) is 1.85. The maximum absolute atomic E-state index is 11.3. The minimum atomic E-state index is -3.32. The fraction of sp³-hybridized carbons (Fsp3) is 0.625. The van der Waals surface area contributed by atoms with Crippen LogP contribution >= 0.6 is 0 Å². The van der Waals surface area contributed by atoms with Crippen molar-refractivity contribution in [3.05, 3.63) is 12.7 Å². The molecule has 4 heteroatoms. The SMILES string of the molecule is C=CCC(=O)C(C)(C)S(C)(=O)=O. The zero-order valence-corrected chi connectivity index (χ0v) is 8.44. The number of carbonyl (C=O) groups excluding carboxylic acids is 1. The number of ketones is 1. The highest BCUT2D eigenvalue weighted by atomic mass is 32.2. The van der Waals surface area contributed by atoms with Gasteiger partial charge in [-0.2, -0.15) is 0 Å². The summed E-state index contributed by atoms with van der Waals surface area (Å²) >= 11 is 0. The lowest BCUT2D eigenvalue weighted by Crippen LogP contribution is -2.39.